The second-order valence-electron chi connectivity index (χ2n) is 4.31. The molecule has 1 fully saturated rings. The van der Waals surface area contributed by atoms with Crippen molar-refractivity contribution in [1.82, 2.24) is 15.0 Å². The van der Waals surface area contributed by atoms with Gasteiger partial charge < -0.3 is 10.6 Å². The van der Waals surface area contributed by atoms with Crippen LogP contribution in [-0.4, -0.2) is 28.0 Å². The lowest BCUT2D eigenvalue weighted by molar-refractivity contribution is 0.577. The monoisotopic (exact) mass is 255 g/mol. The van der Waals surface area contributed by atoms with E-state index in [1.165, 1.54) is 25.7 Å². The summed E-state index contributed by atoms with van der Waals surface area (Å²) in [5, 5.41) is 6.50. The van der Waals surface area contributed by atoms with E-state index in [4.69, 9.17) is 11.6 Å². The van der Waals surface area contributed by atoms with Crippen LogP contribution in [0, 0.1) is 5.92 Å². The summed E-state index contributed by atoms with van der Waals surface area (Å²) in [7, 11) is 0. The summed E-state index contributed by atoms with van der Waals surface area (Å²) < 4.78 is 0. The summed E-state index contributed by atoms with van der Waals surface area (Å²) in [5.41, 5.74) is 0. The summed E-state index contributed by atoms with van der Waals surface area (Å²) in [6.07, 6.45) is 5.28. The second kappa shape index (κ2) is 6.00. The Hall–Kier alpha value is -1.10. The van der Waals surface area contributed by atoms with E-state index in [1.54, 1.807) is 0 Å². The SMILES string of the molecule is CCNc1nc(Cl)nc(NCC2CCCC2)n1. The van der Waals surface area contributed by atoms with Gasteiger partial charge in [0.05, 0.1) is 0 Å². The molecule has 1 heterocycles. The number of aromatic nitrogens is 3. The van der Waals surface area contributed by atoms with Gasteiger partial charge in [-0.15, -0.1) is 0 Å². The van der Waals surface area contributed by atoms with Crippen molar-refractivity contribution in [2.24, 2.45) is 5.92 Å². The molecular weight excluding hydrogens is 238 g/mol. The highest BCUT2D eigenvalue weighted by Crippen LogP contribution is 2.24. The Balaban J connectivity index is 1.94. The number of hydrogen-bond donors (Lipinski definition) is 2. The topological polar surface area (TPSA) is 62.7 Å². The molecule has 0 saturated heterocycles. The molecule has 2 N–H and O–H groups in total. The van der Waals surface area contributed by atoms with E-state index in [2.05, 4.69) is 25.6 Å². The highest BCUT2D eigenvalue weighted by Gasteiger charge is 2.15. The molecule has 0 bridgehead atoms. The van der Waals surface area contributed by atoms with Crippen LogP contribution in [0.4, 0.5) is 11.9 Å². The summed E-state index contributed by atoms with van der Waals surface area (Å²) >= 11 is 5.84. The molecule has 0 radical (unpaired) electrons. The van der Waals surface area contributed by atoms with Crippen LogP contribution in [0.25, 0.3) is 0 Å². The number of anilines is 2. The number of nitrogens with one attached hydrogen (secondary N) is 2. The first-order chi connectivity index (χ1) is 8.28. The molecule has 1 aliphatic carbocycles. The normalized spacial score (nSPS) is 16.1. The number of hydrogen-bond acceptors (Lipinski definition) is 5. The maximum Gasteiger partial charge on any atom is 0.228 e. The molecule has 1 aromatic heterocycles. The molecule has 0 atom stereocenters. The third-order valence-corrected chi connectivity index (χ3v) is 3.14. The molecule has 1 aliphatic rings. The van der Waals surface area contributed by atoms with E-state index in [9.17, 15) is 0 Å². The highest BCUT2D eigenvalue weighted by molar-refractivity contribution is 6.28. The Morgan fingerprint density at radius 3 is 2.41 bits per heavy atom. The molecule has 1 aromatic rings. The third-order valence-electron chi connectivity index (χ3n) is 2.97. The predicted molar refractivity (Wildman–Crippen MR) is 69.4 cm³/mol. The van der Waals surface area contributed by atoms with E-state index in [0.29, 0.717) is 11.9 Å². The van der Waals surface area contributed by atoms with E-state index in [-0.39, 0.29) is 5.28 Å². The number of nitrogens with zero attached hydrogens (tertiary/aromatic N) is 3. The second-order valence-corrected chi connectivity index (χ2v) is 4.65. The Kier molecular flexibility index (Phi) is 4.36. The Morgan fingerprint density at radius 2 is 1.76 bits per heavy atom. The van der Waals surface area contributed by atoms with Crippen LogP contribution in [0.1, 0.15) is 32.6 Å². The minimum absolute atomic E-state index is 0.227. The lowest BCUT2D eigenvalue weighted by Crippen LogP contribution is -2.14. The first-order valence-electron chi connectivity index (χ1n) is 6.17. The average molecular weight is 256 g/mol. The van der Waals surface area contributed by atoms with Gasteiger partial charge in [0.15, 0.2) is 0 Å². The van der Waals surface area contributed by atoms with Crippen molar-refractivity contribution in [2.45, 2.75) is 32.6 Å². The van der Waals surface area contributed by atoms with Crippen LogP contribution in [-0.2, 0) is 0 Å². The standard InChI is InChI=1S/C11H18ClN5/c1-2-13-10-15-9(12)16-11(17-10)14-7-8-5-3-4-6-8/h8H,2-7H2,1H3,(H2,13,14,15,16,17). The van der Waals surface area contributed by atoms with Gasteiger partial charge in [0, 0.05) is 13.1 Å². The van der Waals surface area contributed by atoms with Gasteiger partial charge in [-0.2, -0.15) is 15.0 Å². The molecule has 1 saturated carbocycles. The number of halogens is 1. The van der Waals surface area contributed by atoms with Gasteiger partial charge >= 0.3 is 0 Å². The van der Waals surface area contributed by atoms with Crippen LogP contribution >= 0.6 is 11.6 Å². The van der Waals surface area contributed by atoms with Crippen LogP contribution < -0.4 is 10.6 Å². The third kappa shape index (κ3) is 3.70. The van der Waals surface area contributed by atoms with Crippen LogP contribution in [0.15, 0.2) is 0 Å². The molecular formula is C11H18ClN5. The van der Waals surface area contributed by atoms with Crippen LogP contribution in [0.5, 0.6) is 0 Å². The van der Waals surface area contributed by atoms with Crippen molar-refractivity contribution in [3.63, 3.8) is 0 Å². The maximum atomic E-state index is 5.84. The molecule has 94 valence electrons. The quantitative estimate of drug-likeness (QED) is 0.847. The van der Waals surface area contributed by atoms with Crippen molar-refractivity contribution in [3.8, 4) is 0 Å². The molecule has 0 amide bonds. The largest absolute Gasteiger partial charge is 0.354 e. The first kappa shape index (κ1) is 12.4. The van der Waals surface area contributed by atoms with Crippen molar-refractivity contribution in [3.05, 3.63) is 5.28 Å². The highest BCUT2D eigenvalue weighted by atomic mass is 35.5. The zero-order valence-electron chi connectivity index (χ0n) is 10.0. The van der Waals surface area contributed by atoms with Gasteiger partial charge in [-0.25, -0.2) is 0 Å². The number of rotatable bonds is 5. The van der Waals surface area contributed by atoms with Crippen molar-refractivity contribution in [1.29, 1.82) is 0 Å². The minimum atomic E-state index is 0.227. The van der Waals surface area contributed by atoms with Gasteiger partial charge in [0.1, 0.15) is 0 Å². The fourth-order valence-electron chi connectivity index (χ4n) is 2.12. The Labute approximate surface area is 106 Å². The summed E-state index contributed by atoms with van der Waals surface area (Å²) in [5.74, 6) is 1.84. The first-order valence-corrected chi connectivity index (χ1v) is 6.55. The molecule has 0 aromatic carbocycles. The van der Waals surface area contributed by atoms with Gasteiger partial charge in [0.2, 0.25) is 17.2 Å². The van der Waals surface area contributed by atoms with Crippen LogP contribution in [0.3, 0.4) is 0 Å². The molecule has 0 unspecified atom stereocenters. The van der Waals surface area contributed by atoms with Gasteiger partial charge in [-0.05, 0) is 37.3 Å². The lowest BCUT2D eigenvalue weighted by atomic mass is 10.1. The smallest absolute Gasteiger partial charge is 0.228 e. The Morgan fingerprint density at radius 1 is 1.12 bits per heavy atom. The summed E-state index contributed by atoms with van der Waals surface area (Å²) in [6.45, 7) is 3.68. The minimum Gasteiger partial charge on any atom is -0.354 e. The van der Waals surface area contributed by atoms with Gasteiger partial charge in [-0.1, -0.05) is 12.8 Å². The van der Waals surface area contributed by atoms with E-state index in [0.717, 1.165) is 19.0 Å². The maximum absolute atomic E-state index is 5.84. The van der Waals surface area contributed by atoms with Gasteiger partial charge in [-0.3, -0.25) is 0 Å². The fourth-order valence-corrected chi connectivity index (χ4v) is 2.28. The molecule has 6 heteroatoms. The molecule has 0 aliphatic heterocycles. The zero-order valence-corrected chi connectivity index (χ0v) is 10.8. The fraction of sp³-hybridized carbons (Fsp3) is 0.727. The predicted octanol–water partition coefficient (Wildman–Crippen LogP) is 2.56. The zero-order chi connectivity index (χ0) is 12.1. The molecule has 5 nitrogen and oxygen atoms in total. The molecule has 0 spiro atoms. The molecule has 2 rings (SSSR count). The lowest BCUT2D eigenvalue weighted by Gasteiger charge is -2.11. The van der Waals surface area contributed by atoms with Crippen molar-refractivity contribution < 1.29 is 0 Å². The van der Waals surface area contributed by atoms with Crippen molar-refractivity contribution in [2.75, 3.05) is 23.7 Å². The van der Waals surface area contributed by atoms with Crippen molar-refractivity contribution >= 4 is 23.5 Å². The average Bonchev–Trinajstić information content (AvgIpc) is 2.79. The summed E-state index contributed by atoms with van der Waals surface area (Å²) in [4.78, 5) is 12.3. The Bertz CT molecular complexity index is 365. The summed E-state index contributed by atoms with van der Waals surface area (Å²) in [6, 6.07) is 0. The van der Waals surface area contributed by atoms with E-state index < -0.39 is 0 Å². The van der Waals surface area contributed by atoms with Crippen LogP contribution in [0.2, 0.25) is 5.28 Å². The van der Waals surface area contributed by atoms with E-state index in [1.807, 2.05) is 6.92 Å². The van der Waals surface area contributed by atoms with Gasteiger partial charge in [0.25, 0.3) is 0 Å². The van der Waals surface area contributed by atoms with E-state index >= 15 is 0 Å². The molecule has 17 heavy (non-hydrogen) atoms.